The first-order chi connectivity index (χ1) is 11.2. The van der Waals surface area contributed by atoms with Gasteiger partial charge in [-0.05, 0) is 55.2 Å². The minimum atomic E-state index is 0.587. The third-order valence-corrected chi connectivity index (χ3v) is 3.88. The number of thioether (sulfide) groups is 1. The molecule has 0 aliphatic rings. The van der Waals surface area contributed by atoms with Crippen molar-refractivity contribution in [1.29, 1.82) is 5.26 Å². The summed E-state index contributed by atoms with van der Waals surface area (Å²) in [7, 11) is 0. The highest BCUT2D eigenvalue weighted by Crippen LogP contribution is 2.18. The quantitative estimate of drug-likeness (QED) is 0.570. The van der Waals surface area contributed by atoms with Crippen LogP contribution in [-0.4, -0.2) is 6.26 Å². The van der Waals surface area contributed by atoms with Crippen LogP contribution < -0.4 is 0 Å². The molecule has 2 rings (SSSR count). The lowest BCUT2D eigenvalue weighted by Crippen LogP contribution is -1.82. The van der Waals surface area contributed by atoms with Gasteiger partial charge in [0.25, 0.3) is 0 Å². The third kappa shape index (κ3) is 4.82. The Morgan fingerprint density at radius 2 is 1.57 bits per heavy atom. The topological polar surface area (TPSA) is 23.8 Å². The van der Waals surface area contributed by atoms with Crippen LogP contribution in [0.3, 0.4) is 0 Å². The Kier molecular flexibility index (Phi) is 6.14. The maximum Gasteiger partial charge on any atom is 0.100 e. The molecule has 0 spiro atoms. The van der Waals surface area contributed by atoms with E-state index in [1.165, 1.54) is 4.90 Å². The van der Waals surface area contributed by atoms with Gasteiger partial charge in [-0.2, -0.15) is 5.26 Å². The number of allylic oxidation sites excluding steroid dienone is 2. The Hall–Kier alpha value is -2.86. The van der Waals surface area contributed by atoms with Gasteiger partial charge in [0.1, 0.15) is 6.07 Å². The van der Waals surface area contributed by atoms with Crippen molar-refractivity contribution in [3.63, 3.8) is 0 Å². The molecular weight excluding hydrogens is 298 g/mol. The third-order valence-electron chi connectivity index (χ3n) is 3.16. The standard InChI is InChI=1S/C21H15NS/c1-17-13-14-21(23-2)15-19(17)11-6-4-3-5-9-18-10-7-8-12-20(18)16-22/h3-4,7-8,10,12-15H,1-2H3. The minimum Gasteiger partial charge on any atom is -0.192 e. The molecule has 0 bridgehead atoms. The molecular formula is C21H15NS. The lowest BCUT2D eigenvalue weighted by Gasteiger charge is -2.00. The summed E-state index contributed by atoms with van der Waals surface area (Å²) in [6, 6.07) is 15.7. The lowest BCUT2D eigenvalue weighted by molar-refractivity contribution is 1.35. The van der Waals surface area contributed by atoms with E-state index in [9.17, 15) is 0 Å². The summed E-state index contributed by atoms with van der Waals surface area (Å²) in [5, 5.41) is 8.99. The van der Waals surface area contributed by atoms with Crippen LogP contribution in [-0.2, 0) is 0 Å². The SMILES string of the molecule is CSc1ccc(C)c(C#CC=CC#Cc2ccccc2C#N)c1. The highest BCUT2D eigenvalue weighted by Gasteiger charge is 1.96. The zero-order chi connectivity index (χ0) is 16.5. The van der Waals surface area contributed by atoms with Crippen LogP contribution in [0.5, 0.6) is 0 Å². The average Bonchev–Trinajstić information content (AvgIpc) is 2.59. The van der Waals surface area contributed by atoms with Gasteiger partial charge in [0.2, 0.25) is 0 Å². The molecule has 0 saturated heterocycles. The molecule has 0 atom stereocenters. The summed E-state index contributed by atoms with van der Waals surface area (Å²) in [5.41, 5.74) is 3.52. The van der Waals surface area contributed by atoms with Crippen LogP contribution in [0.15, 0.2) is 59.5 Å². The van der Waals surface area contributed by atoms with Crippen molar-refractivity contribution in [3.05, 3.63) is 76.9 Å². The van der Waals surface area contributed by atoms with E-state index >= 15 is 0 Å². The summed E-state index contributed by atoms with van der Waals surface area (Å²) in [6.07, 6.45) is 5.48. The van der Waals surface area contributed by atoms with Gasteiger partial charge in [-0.1, -0.05) is 41.9 Å². The summed E-state index contributed by atoms with van der Waals surface area (Å²) in [5.74, 6) is 12.0. The second-order valence-electron chi connectivity index (χ2n) is 4.71. The summed E-state index contributed by atoms with van der Waals surface area (Å²) < 4.78 is 0. The number of hydrogen-bond acceptors (Lipinski definition) is 2. The van der Waals surface area contributed by atoms with E-state index in [1.807, 2.05) is 18.2 Å². The highest BCUT2D eigenvalue weighted by molar-refractivity contribution is 7.98. The predicted octanol–water partition coefficient (Wildman–Crippen LogP) is 4.55. The maximum atomic E-state index is 8.99. The molecule has 0 amide bonds. The lowest BCUT2D eigenvalue weighted by atomic mass is 10.1. The monoisotopic (exact) mass is 313 g/mol. The summed E-state index contributed by atoms with van der Waals surface area (Å²) >= 11 is 1.71. The van der Waals surface area contributed by atoms with Crippen molar-refractivity contribution in [3.8, 4) is 29.8 Å². The zero-order valence-electron chi connectivity index (χ0n) is 13.1. The fraction of sp³-hybridized carbons (Fsp3) is 0.0952. The molecule has 110 valence electrons. The van der Waals surface area contributed by atoms with E-state index in [0.29, 0.717) is 5.56 Å². The van der Waals surface area contributed by atoms with Crippen LogP contribution in [0, 0.1) is 41.9 Å². The molecule has 23 heavy (non-hydrogen) atoms. The number of nitriles is 1. The van der Waals surface area contributed by atoms with Crippen LogP contribution in [0.2, 0.25) is 0 Å². The van der Waals surface area contributed by atoms with Crippen LogP contribution >= 0.6 is 11.8 Å². The van der Waals surface area contributed by atoms with Gasteiger partial charge in [-0.3, -0.25) is 0 Å². The van der Waals surface area contributed by atoms with Gasteiger partial charge < -0.3 is 0 Å². The van der Waals surface area contributed by atoms with Crippen LogP contribution in [0.4, 0.5) is 0 Å². The van der Waals surface area contributed by atoms with Gasteiger partial charge in [-0.15, -0.1) is 11.8 Å². The Morgan fingerprint density at radius 1 is 0.913 bits per heavy atom. The van der Waals surface area contributed by atoms with E-state index in [2.05, 4.69) is 61.1 Å². The Labute approximate surface area is 142 Å². The highest BCUT2D eigenvalue weighted by atomic mass is 32.2. The van der Waals surface area contributed by atoms with Crippen molar-refractivity contribution in [2.45, 2.75) is 11.8 Å². The van der Waals surface area contributed by atoms with Crippen molar-refractivity contribution >= 4 is 11.8 Å². The van der Waals surface area contributed by atoms with E-state index in [0.717, 1.165) is 16.7 Å². The molecule has 0 fully saturated rings. The maximum absolute atomic E-state index is 8.99. The van der Waals surface area contributed by atoms with Gasteiger partial charge >= 0.3 is 0 Å². The van der Waals surface area contributed by atoms with E-state index in [4.69, 9.17) is 5.26 Å². The van der Waals surface area contributed by atoms with Crippen molar-refractivity contribution < 1.29 is 0 Å². The second-order valence-corrected chi connectivity index (χ2v) is 5.59. The molecule has 0 aromatic heterocycles. The van der Waals surface area contributed by atoms with Gasteiger partial charge in [0.15, 0.2) is 0 Å². The minimum absolute atomic E-state index is 0.587. The number of aryl methyl sites for hydroxylation is 1. The molecule has 0 heterocycles. The number of hydrogen-bond donors (Lipinski definition) is 0. The smallest absolute Gasteiger partial charge is 0.100 e. The molecule has 0 aliphatic heterocycles. The molecule has 0 unspecified atom stereocenters. The second kappa shape index (κ2) is 8.55. The molecule has 2 heteroatoms. The molecule has 2 aromatic rings. The normalized spacial score (nSPS) is 9.43. The Morgan fingerprint density at radius 3 is 2.22 bits per heavy atom. The summed E-state index contributed by atoms with van der Waals surface area (Å²) in [4.78, 5) is 1.21. The number of nitrogens with zero attached hydrogens (tertiary/aromatic N) is 1. The first-order valence-electron chi connectivity index (χ1n) is 7.06. The predicted molar refractivity (Wildman–Crippen MR) is 97.0 cm³/mol. The van der Waals surface area contributed by atoms with Crippen LogP contribution in [0.1, 0.15) is 22.3 Å². The van der Waals surface area contributed by atoms with Crippen LogP contribution in [0.25, 0.3) is 0 Å². The molecule has 0 aliphatic carbocycles. The molecule has 0 N–H and O–H groups in total. The first-order valence-corrected chi connectivity index (χ1v) is 8.29. The summed E-state index contributed by atoms with van der Waals surface area (Å²) in [6.45, 7) is 2.05. The van der Waals surface area contributed by atoms with Crippen molar-refractivity contribution in [2.75, 3.05) is 6.26 Å². The van der Waals surface area contributed by atoms with Gasteiger partial charge in [0.05, 0.1) is 5.56 Å². The first kappa shape index (κ1) is 16.5. The van der Waals surface area contributed by atoms with Crippen molar-refractivity contribution in [2.24, 2.45) is 0 Å². The van der Waals surface area contributed by atoms with E-state index in [-0.39, 0.29) is 0 Å². The van der Waals surface area contributed by atoms with E-state index < -0.39 is 0 Å². The molecule has 0 saturated carbocycles. The zero-order valence-corrected chi connectivity index (χ0v) is 13.9. The van der Waals surface area contributed by atoms with Gasteiger partial charge in [0, 0.05) is 16.0 Å². The Bertz CT molecular complexity index is 893. The van der Waals surface area contributed by atoms with E-state index in [1.54, 1.807) is 30.0 Å². The molecule has 2 aromatic carbocycles. The number of benzene rings is 2. The number of rotatable bonds is 1. The Balaban J connectivity index is 2.10. The average molecular weight is 313 g/mol. The fourth-order valence-corrected chi connectivity index (χ4v) is 2.31. The van der Waals surface area contributed by atoms with Crippen molar-refractivity contribution in [1.82, 2.24) is 0 Å². The largest absolute Gasteiger partial charge is 0.192 e. The molecule has 0 radical (unpaired) electrons. The fourth-order valence-electron chi connectivity index (χ4n) is 1.87. The molecule has 1 nitrogen and oxygen atoms in total. The van der Waals surface area contributed by atoms with Gasteiger partial charge in [-0.25, -0.2) is 0 Å².